The molecule has 1 amide bonds. The standard InChI is InChI=1S/C13H14FNO3/c14-10-5-3-9(4-6-10)12(16)13(17)15-8-11-2-1-7-18-11/h3-6,11H,1-2,7-8H2,(H,15,17). The molecule has 2 rings (SSSR count). The summed E-state index contributed by atoms with van der Waals surface area (Å²) in [7, 11) is 0. The third-order valence-electron chi connectivity index (χ3n) is 2.83. The Morgan fingerprint density at radius 3 is 2.67 bits per heavy atom. The van der Waals surface area contributed by atoms with Crippen molar-refractivity contribution in [1.29, 1.82) is 0 Å². The summed E-state index contributed by atoms with van der Waals surface area (Å²) in [5.74, 6) is -1.78. The highest BCUT2D eigenvalue weighted by Gasteiger charge is 2.20. The molecular formula is C13H14FNO3. The highest BCUT2D eigenvalue weighted by Crippen LogP contribution is 2.10. The minimum atomic E-state index is -0.683. The van der Waals surface area contributed by atoms with E-state index in [1.54, 1.807) is 0 Å². The van der Waals surface area contributed by atoms with E-state index in [1.807, 2.05) is 0 Å². The Bertz CT molecular complexity index is 438. The first-order valence-electron chi connectivity index (χ1n) is 5.86. The molecule has 0 saturated carbocycles. The lowest BCUT2D eigenvalue weighted by atomic mass is 10.1. The number of nitrogens with one attached hydrogen (secondary N) is 1. The maximum absolute atomic E-state index is 12.7. The van der Waals surface area contributed by atoms with Crippen molar-refractivity contribution < 1.29 is 18.7 Å². The van der Waals surface area contributed by atoms with E-state index in [1.165, 1.54) is 12.1 Å². The first-order valence-corrected chi connectivity index (χ1v) is 5.86. The molecule has 0 radical (unpaired) electrons. The van der Waals surface area contributed by atoms with Crippen LogP contribution in [0.25, 0.3) is 0 Å². The number of hydrogen-bond donors (Lipinski definition) is 1. The second-order valence-corrected chi connectivity index (χ2v) is 4.18. The monoisotopic (exact) mass is 251 g/mol. The molecule has 1 saturated heterocycles. The average Bonchev–Trinajstić information content (AvgIpc) is 2.89. The number of hydrogen-bond acceptors (Lipinski definition) is 3. The molecular weight excluding hydrogens is 237 g/mol. The molecule has 1 aromatic carbocycles. The minimum Gasteiger partial charge on any atom is -0.376 e. The maximum atomic E-state index is 12.7. The molecule has 0 aliphatic carbocycles. The highest BCUT2D eigenvalue weighted by molar-refractivity contribution is 6.42. The predicted molar refractivity (Wildman–Crippen MR) is 62.7 cm³/mol. The van der Waals surface area contributed by atoms with Gasteiger partial charge < -0.3 is 10.1 Å². The van der Waals surface area contributed by atoms with Gasteiger partial charge in [-0.25, -0.2) is 4.39 Å². The molecule has 1 fully saturated rings. The van der Waals surface area contributed by atoms with E-state index in [0.29, 0.717) is 13.2 Å². The average molecular weight is 251 g/mol. The summed E-state index contributed by atoms with van der Waals surface area (Å²) in [5, 5.41) is 2.53. The largest absolute Gasteiger partial charge is 0.376 e. The lowest BCUT2D eigenvalue weighted by Crippen LogP contribution is -2.36. The predicted octanol–water partition coefficient (Wildman–Crippen LogP) is 1.30. The molecule has 1 aliphatic rings. The Labute approximate surface area is 104 Å². The fourth-order valence-electron chi connectivity index (χ4n) is 1.82. The maximum Gasteiger partial charge on any atom is 0.292 e. The van der Waals surface area contributed by atoms with Crippen LogP contribution in [0.1, 0.15) is 23.2 Å². The normalized spacial score (nSPS) is 18.6. The molecule has 5 heteroatoms. The molecule has 0 bridgehead atoms. The van der Waals surface area contributed by atoms with Crippen LogP contribution in [-0.4, -0.2) is 30.9 Å². The van der Waals surface area contributed by atoms with Gasteiger partial charge in [0, 0.05) is 18.7 Å². The first kappa shape index (κ1) is 12.7. The molecule has 18 heavy (non-hydrogen) atoms. The topological polar surface area (TPSA) is 55.4 Å². The number of halogens is 1. The number of amides is 1. The lowest BCUT2D eigenvalue weighted by molar-refractivity contribution is -0.117. The van der Waals surface area contributed by atoms with Gasteiger partial charge in [-0.1, -0.05) is 0 Å². The number of ether oxygens (including phenoxy) is 1. The van der Waals surface area contributed by atoms with Crippen molar-refractivity contribution in [2.45, 2.75) is 18.9 Å². The quantitative estimate of drug-likeness (QED) is 0.648. The summed E-state index contributed by atoms with van der Waals surface area (Å²) in [5.41, 5.74) is 0.182. The van der Waals surface area contributed by atoms with Crippen molar-refractivity contribution in [3.05, 3.63) is 35.6 Å². The van der Waals surface area contributed by atoms with Crippen LogP contribution < -0.4 is 5.32 Å². The Morgan fingerprint density at radius 1 is 1.33 bits per heavy atom. The van der Waals surface area contributed by atoms with E-state index in [2.05, 4.69) is 5.32 Å². The van der Waals surface area contributed by atoms with Gasteiger partial charge in [-0.2, -0.15) is 0 Å². The van der Waals surface area contributed by atoms with Crippen LogP contribution in [-0.2, 0) is 9.53 Å². The van der Waals surface area contributed by atoms with E-state index in [0.717, 1.165) is 25.0 Å². The van der Waals surface area contributed by atoms with Gasteiger partial charge in [-0.05, 0) is 37.1 Å². The Morgan fingerprint density at radius 2 is 2.06 bits per heavy atom. The molecule has 96 valence electrons. The van der Waals surface area contributed by atoms with Crippen molar-refractivity contribution in [2.75, 3.05) is 13.2 Å². The van der Waals surface area contributed by atoms with E-state index in [-0.39, 0.29) is 11.7 Å². The van der Waals surface area contributed by atoms with Crippen LogP contribution in [0.2, 0.25) is 0 Å². The SMILES string of the molecule is O=C(NCC1CCCO1)C(=O)c1ccc(F)cc1. The van der Waals surface area contributed by atoms with E-state index < -0.39 is 17.5 Å². The summed E-state index contributed by atoms with van der Waals surface area (Å²) in [6.45, 7) is 1.04. The third-order valence-corrected chi connectivity index (χ3v) is 2.83. The lowest BCUT2D eigenvalue weighted by Gasteiger charge is -2.10. The number of carbonyl (C=O) groups excluding carboxylic acids is 2. The molecule has 1 atom stereocenters. The fourth-order valence-corrected chi connectivity index (χ4v) is 1.82. The Kier molecular flexibility index (Phi) is 4.04. The van der Waals surface area contributed by atoms with Crippen LogP contribution in [0.5, 0.6) is 0 Å². The van der Waals surface area contributed by atoms with Crippen LogP contribution in [0.4, 0.5) is 4.39 Å². The molecule has 1 unspecified atom stereocenters. The van der Waals surface area contributed by atoms with E-state index >= 15 is 0 Å². The summed E-state index contributed by atoms with van der Waals surface area (Å²) in [6.07, 6.45) is 1.87. The number of rotatable bonds is 4. The number of ketones is 1. The summed E-state index contributed by atoms with van der Waals surface area (Å²) in [6, 6.07) is 4.90. The van der Waals surface area contributed by atoms with Crippen LogP contribution in [0, 0.1) is 5.82 Å². The van der Waals surface area contributed by atoms with Gasteiger partial charge in [0.1, 0.15) is 5.82 Å². The van der Waals surface area contributed by atoms with Gasteiger partial charge in [0.15, 0.2) is 0 Å². The third kappa shape index (κ3) is 3.13. The van der Waals surface area contributed by atoms with Gasteiger partial charge >= 0.3 is 0 Å². The second-order valence-electron chi connectivity index (χ2n) is 4.18. The van der Waals surface area contributed by atoms with Gasteiger partial charge in [0.2, 0.25) is 5.78 Å². The molecule has 0 spiro atoms. The molecule has 1 heterocycles. The van der Waals surface area contributed by atoms with Crippen molar-refractivity contribution in [3.8, 4) is 0 Å². The second kappa shape index (κ2) is 5.73. The number of Topliss-reactive ketones (excluding diaryl/α,β-unsaturated/α-hetero) is 1. The van der Waals surface area contributed by atoms with Crippen molar-refractivity contribution in [2.24, 2.45) is 0 Å². The van der Waals surface area contributed by atoms with Crippen molar-refractivity contribution in [3.63, 3.8) is 0 Å². The molecule has 4 nitrogen and oxygen atoms in total. The van der Waals surface area contributed by atoms with E-state index in [9.17, 15) is 14.0 Å². The van der Waals surface area contributed by atoms with E-state index in [4.69, 9.17) is 4.74 Å². The Balaban J connectivity index is 1.88. The zero-order chi connectivity index (χ0) is 13.0. The highest BCUT2D eigenvalue weighted by atomic mass is 19.1. The zero-order valence-electron chi connectivity index (χ0n) is 9.82. The van der Waals surface area contributed by atoms with Gasteiger partial charge in [0.05, 0.1) is 6.10 Å². The zero-order valence-corrected chi connectivity index (χ0v) is 9.82. The summed E-state index contributed by atoms with van der Waals surface area (Å²) < 4.78 is 18.0. The first-order chi connectivity index (χ1) is 8.66. The van der Waals surface area contributed by atoms with Crippen LogP contribution in [0.15, 0.2) is 24.3 Å². The van der Waals surface area contributed by atoms with Crippen LogP contribution in [0.3, 0.4) is 0 Å². The summed E-state index contributed by atoms with van der Waals surface area (Å²) >= 11 is 0. The Hall–Kier alpha value is -1.75. The minimum absolute atomic E-state index is 0.00466. The fraction of sp³-hybridized carbons (Fsp3) is 0.385. The molecule has 1 N–H and O–H groups in total. The smallest absolute Gasteiger partial charge is 0.292 e. The molecule has 0 aromatic heterocycles. The van der Waals surface area contributed by atoms with Gasteiger partial charge in [-0.15, -0.1) is 0 Å². The van der Waals surface area contributed by atoms with Gasteiger partial charge in [0.25, 0.3) is 5.91 Å². The summed E-state index contributed by atoms with van der Waals surface area (Å²) in [4.78, 5) is 23.3. The van der Waals surface area contributed by atoms with Gasteiger partial charge in [-0.3, -0.25) is 9.59 Å². The van der Waals surface area contributed by atoms with Crippen molar-refractivity contribution >= 4 is 11.7 Å². The number of benzene rings is 1. The van der Waals surface area contributed by atoms with Crippen molar-refractivity contribution in [1.82, 2.24) is 5.32 Å². The molecule has 1 aromatic rings. The van der Waals surface area contributed by atoms with Crippen LogP contribution >= 0.6 is 0 Å². The number of carbonyl (C=O) groups is 2. The molecule has 1 aliphatic heterocycles.